The second-order valence-electron chi connectivity index (χ2n) is 5.92. The molecule has 2 bridgehead atoms. The van der Waals surface area contributed by atoms with Crippen LogP contribution in [0.25, 0.3) is 0 Å². The summed E-state index contributed by atoms with van der Waals surface area (Å²) in [6, 6.07) is 12.5. The Kier molecular flexibility index (Phi) is 3.91. The fraction of sp³-hybridized carbons (Fsp3) is 0.333. The highest BCUT2D eigenvalue weighted by atomic mass is 79.9. The first-order valence-corrected chi connectivity index (χ1v) is 9.17. The van der Waals surface area contributed by atoms with Crippen molar-refractivity contribution in [3.8, 4) is 11.5 Å². The van der Waals surface area contributed by atoms with Gasteiger partial charge in [-0.3, -0.25) is 0 Å². The van der Waals surface area contributed by atoms with Crippen LogP contribution in [0.4, 0.5) is 0 Å². The number of ether oxygens (including phenoxy) is 2. The molecule has 2 heterocycles. The van der Waals surface area contributed by atoms with Crippen molar-refractivity contribution in [2.45, 2.75) is 37.9 Å². The minimum Gasteiger partial charge on any atom is -0.489 e. The highest BCUT2D eigenvalue weighted by molar-refractivity contribution is 9.10. The van der Waals surface area contributed by atoms with E-state index in [1.54, 1.807) is 0 Å². The van der Waals surface area contributed by atoms with Crippen LogP contribution in [-0.2, 0) is 12.8 Å². The summed E-state index contributed by atoms with van der Waals surface area (Å²) in [6.45, 7) is 0. The fourth-order valence-electron chi connectivity index (χ4n) is 3.29. The van der Waals surface area contributed by atoms with Crippen LogP contribution in [0.1, 0.15) is 24.0 Å². The van der Waals surface area contributed by atoms with Crippen LogP contribution in [0.2, 0.25) is 0 Å². The fourth-order valence-corrected chi connectivity index (χ4v) is 4.29. The van der Waals surface area contributed by atoms with Gasteiger partial charge < -0.3 is 9.47 Å². The monoisotopic (exact) mass is 422 g/mol. The molecule has 2 aromatic carbocycles. The maximum Gasteiger partial charge on any atom is 0.137 e. The zero-order valence-electron chi connectivity index (χ0n) is 12.0. The third-order valence-corrected chi connectivity index (χ3v) is 5.62. The first-order chi connectivity index (χ1) is 10.7. The summed E-state index contributed by atoms with van der Waals surface area (Å²) in [5.41, 5.74) is 2.44. The molecule has 2 atom stereocenters. The van der Waals surface area contributed by atoms with E-state index in [2.05, 4.69) is 56.1 Å². The van der Waals surface area contributed by atoms with E-state index in [1.165, 1.54) is 11.1 Å². The maximum absolute atomic E-state index is 6.37. The molecule has 2 aromatic rings. The predicted molar refractivity (Wildman–Crippen MR) is 93.8 cm³/mol. The maximum atomic E-state index is 6.37. The third kappa shape index (κ3) is 2.67. The Bertz CT molecular complexity index is 653. The van der Waals surface area contributed by atoms with Gasteiger partial charge in [0.1, 0.15) is 23.7 Å². The van der Waals surface area contributed by atoms with Crippen LogP contribution in [0.15, 0.2) is 45.3 Å². The lowest BCUT2D eigenvalue weighted by atomic mass is 9.94. The molecule has 0 aromatic heterocycles. The van der Waals surface area contributed by atoms with E-state index in [0.29, 0.717) is 0 Å². The van der Waals surface area contributed by atoms with Crippen molar-refractivity contribution in [1.29, 1.82) is 0 Å². The Morgan fingerprint density at radius 3 is 1.64 bits per heavy atom. The molecule has 114 valence electrons. The highest BCUT2D eigenvalue weighted by Crippen LogP contribution is 2.39. The van der Waals surface area contributed by atoms with Crippen molar-refractivity contribution >= 4 is 31.9 Å². The second-order valence-corrected chi connectivity index (χ2v) is 7.63. The standard InChI is InChI=1S/C18H16Br2O2/c19-15-5-1-3-11-9-13-7-8-14(21-17(11)15)10-12-4-2-6-16(20)18(12)22-13/h1-6,13-14H,7-10H2/t13-,14-/m1/s1. The Morgan fingerprint density at radius 2 is 1.18 bits per heavy atom. The van der Waals surface area contributed by atoms with Gasteiger partial charge in [-0.25, -0.2) is 0 Å². The van der Waals surface area contributed by atoms with Crippen molar-refractivity contribution in [3.05, 3.63) is 56.5 Å². The number of benzene rings is 2. The lowest BCUT2D eigenvalue weighted by Crippen LogP contribution is -2.32. The van der Waals surface area contributed by atoms with E-state index in [4.69, 9.17) is 9.47 Å². The number of rotatable bonds is 0. The summed E-state index contributed by atoms with van der Waals surface area (Å²) in [4.78, 5) is 0. The van der Waals surface area contributed by atoms with E-state index in [1.807, 2.05) is 12.1 Å². The first-order valence-electron chi connectivity index (χ1n) is 7.59. The van der Waals surface area contributed by atoms with Crippen molar-refractivity contribution in [2.24, 2.45) is 0 Å². The van der Waals surface area contributed by atoms with Crippen molar-refractivity contribution < 1.29 is 9.47 Å². The molecule has 0 aliphatic carbocycles. The molecule has 0 unspecified atom stereocenters. The van der Waals surface area contributed by atoms with E-state index in [9.17, 15) is 0 Å². The number of fused-ring (bicyclic) bond motifs is 5. The van der Waals surface area contributed by atoms with Gasteiger partial charge in [0, 0.05) is 12.8 Å². The van der Waals surface area contributed by atoms with Gasteiger partial charge in [-0.2, -0.15) is 0 Å². The SMILES string of the molecule is Brc1cccc2c1O[C@@H]1CC[C@H](C2)Oc2c(Br)cccc2C1. The number of hydrogen-bond donors (Lipinski definition) is 0. The van der Waals surface area contributed by atoms with Crippen LogP contribution in [0.5, 0.6) is 11.5 Å². The van der Waals surface area contributed by atoms with Crippen LogP contribution in [-0.4, -0.2) is 12.2 Å². The zero-order valence-corrected chi connectivity index (χ0v) is 15.2. The highest BCUT2D eigenvalue weighted by Gasteiger charge is 2.28. The molecule has 0 spiro atoms. The van der Waals surface area contributed by atoms with Crippen molar-refractivity contribution in [2.75, 3.05) is 0 Å². The topological polar surface area (TPSA) is 18.5 Å². The summed E-state index contributed by atoms with van der Waals surface area (Å²) in [5, 5.41) is 0. The Balaban J connectivity index is 1.79. The average molecular weight is 424 g/mol. The first kappa shape index (κ1) is 14.6. The molecule has 0 radical (unpaired) electrons. The lowest BCUT2D eigenvalue weighted by Gasteiger charge is -2.32. The summed E-state index contributed by atoms with van der Waals surface area (Å²) < 4.78 is 14.8. The minimum absolute atomic E-state index is 0.192. The van der Waals surface area contributed by atoms with Crippen LogP contribution in [0, 0.1) is 0 Å². The predicted octanol–water partition coefficient (Wildman–Crippen LogP) is 5.30. The Morgan fingerprint density at radius 1 is 0.727 bits per heavy atom. The van der Waals surface area contributed by atoms with Gasteiger partial charge in [0.2, 0.25) is 0 Å². The average Bonchev–Trinajstić information content (AvgIpc) is 2.47. The van der Waals surface area contributed by atoms with Gasteiger partial charge in [-0.1, -0.05) is 24.3 Å². The third-order valence-electron chi connectivity index (χ3n) is 4.37. The number of halogens is 2. The normalized spacial score (nSPS) is 23.0. The summed E-state index contributed by atoms with van der Waals surface area (Å²) in [5.74, 6) is 1.97. The quantitative estimate of drug-likeness (QED) is 0.572. The molecule has 22 heavy (non-hydrogen) atoms. The van der Waals surface area contributed by atoms with Gasteiger partial charge in [0.05, 0.1) is 8.95 Å². The molecule has 0 fully saturated rings. The van der Waals surface area contributed by atoms with Crippen molar-refractivity contribution in [1.82, 2.24) is 0 Å². The largest absolute Gasteiger partial charge is 0.489 e. The molecular weight excluding hydrogens is 408 g/mol. The van der Waals surface area contributed by atoms with Gasteiger partial charge in [0.25, 0.3) is 0 Å². The van der Waals surface area contributed by atoms with E-state index >= 15 is 0 Å². The number of para-hydroxylation sites is 2. The lowest BCUT2D eigenvalue weighted by molar-refractivity contribution is 0.112. The molecule has 2 nitrogen and oxygen atoms in total. The van der Waals surface area contributed by atoms with E-state index in [-0.39, 0.29) is 12.2 Å². The van der Waals surface area contributed by atoms with E-state index < -0.39 is 0 Å². The minimum atomic E-state index is 0.192. The molecule has 0 amide bonds. The van der Waals surface area contributed by atoms with Crippen LogP contribution >= 0.6 is 31.9 Å². The molecule has 4 heteroatoms. The summed E-state index contributed by atoms with van der Waals surface area (Å²) in [7, 11) is 0. The van der Waals surface area contributed by atoms with Gasteiger partial charge in [-0.15, -0.1) is 0 Å². The molecular formula is C18H16Br2O2. The Labute approximate surface area is 147 Å². The van der Waals surface area contributed by atoms with Gasteiger partial charge in [0.15, 0.2) is 0 Å². The summed E-state index contributed by atoms with van der Waals surface area (Å²) >= 11 is 7.26. The smallest absolute Gasteiger partial charge is 0.137 e. The molecule has 2 aliphatic heterocycles. The number of hydrogen-bond acceptors (Lipinski definition) is 2. The zero-order chi connectivity index (χ0) is 15.1. The summed E-state index contributed by atoms with van der Waals surface area (Å²) in [6.07, 6.45) is 4.19. The molecule has 4 rings (SSSR count). The van der Waals surface area contributed by atoms with Gasteiger partial charge >= 0.3 is 0 Å². The van der Waals surface area contributed by atoms with Crippen LogP contribution in [0.3, 0.4) is 0 Å². The van der Waals surface area contributed by atoms with Crippen LogP contribution < -0.4 is 9.47 Å². The van der Waals surface area contributed by atoms with Gasteiger partial charge in [-0.05, 0) is 68.0 Å². The molecule has 0 saturated carbocycles. The molecule has 0 N–H and O–H groups in total. The molecule has 2 aliphatic rings. The van der Waals surface area contributed by atoms with Crippen molar-refractivity contribution in [3.63, 3.8) is 0 Å². The van der Waals surface area contributed by atoms with E-state index in [0.717, 1.165) is 46.1 Å². The Hall–Kier alpha value is -1.00. The second kappa shape index (κ2) is 5.89. The molecule has 0 saturated heterocycles.